The summed E-state index contributed by atoms with van der Waals surface area (Å²) in [4.78, 5) is 12.5. The number of hydrogen-bond acceptors (Lipinski definition) is 4. The fourth-order valence-electron chi connectivity index (χ4n) is 2.59. The van der Waals surface area contributed by atoms with Crippen LogP contribution in [0.1, 0.15) is 12.5 Å². The fraction of sp³-hybridized carbons (Fsp3) is 0.316. The lowest BCUT2D eigenvalue weighted by Crippen LogP contribution is -2.34. The second-order valence-corrected chi connectivity index (χ2v) is 6.07. The third-order valence-electron chi connectivity index (χ3n) is 3.96. The number of rotatable bonds is 9. The van der Waals surface area contributed by atoms with Gasteiger partial charge < -0.3 is 24.8 Å². The van der Waals surface area contributed by atoms with E-state index in [0.717, 1.165) is 0 Å². The number of methoxy groups -OCH3 is 1. The maximum Gasteiger partial charge on any atom is 0.404 e. The van der Waals surface area contributed by atoms with Gasteiger partial charge in [-0.2, -0.15) is 0 Å². The zero-order valence-electron chi connectivity index (χ0n) is 15.2. The van der Waals surface area contributed by atoms with Crippen molar-refractivity contribution in [3.05, 3.63) is 52.8 Å². The predicted octanol–water partition coefficient (Wildman–Crippen LogP) is 4.16. The molecule has 2 aromatic carbocycles. The Balaban J connectivity index is 2.19. The normalized spacial score (nSPS) is 10.4. The number of hydrogen-bond donors (Lipinski definition) is 2. The Labute approximate surface area is 162 Å². The van der Waals surface area contributed by atoms with Crippen LogP contribution in [0.2, 0.25) is 5.02 Å². The topological polar surface area (TPSA) is 71.0 Å². The van der Waals surface area contributed by atoms with Crippen LogP contribution in [0.4, 0.5) is 14.9 Å². The average Bonchev–Trinajstić information content (AvgIpc) is 2.64. The van der Waals surface area contributed by atoms with Gasteiger partial charge in [0.15, 0.2) is 0 Å². The molecular weight excluding hydrogens is 375 g/mol. The minimum absolute atomic E-state index is 0.142. The lowest BCUT2D eigenvalue weighted by molar-refractivity contribution is 0.194. The molecule has 0 aliphatic carbocycles. The quantitative estimate of drug-likeness (QED) is 0.666. The summed E-state index contributed by atoms with van der Waals surface area (Å²) in [5.74, 6) is 0.872. The molecular formula is C19H22ClFN2O4. The molecule has 8 heteroatoms. The van der Waals surface area contributed by atoms with E-state index >= 15 is 0 Å². The monoisotopic (exact) mass is 396 g/mol. The summed E-state index contributed by atoms with van der Waals surface area (Å²) < 4.78 is 24.8. The number of carbonyl (C=O) groups is 1. The number of carboxylic acid groups (broad SMARTS) is 1. The summed E-state index contributed by atoms with van der Waals surface area (Å²) >= 11 is 6.26. The van der Waals surface area contributed by atoms with Crippen molar-refractivity contribution in [3.8, 4) is 11.5 Å². The first kappa shape index (κ1) is 20.6. The Kier molecular flexibility index (Phi) is 7.55. The first-order chi connectivity index (χ1) is 12.9. The van der Waals surface area contributed by atoms with Gasteiger partial charge in [-0.05, 0) is 43.3 Å². The molecule has 2 rings (SSSR count). The molecule has 0 aliphatic rings. The van der Waals surface area contributed by atoms with E-state index < -0.39 is 11.9 Å². The number of amides is 1. The summed E-state index contributed by atoms with van der Waals surface area (Å²) in [6.45, 7) is 3.17. The first-order valence-electron chi connectivity index (χ1n) is 8.41. The molecule has 0 heterocycles. The highest BCUT2D eigenvalue weighted by molar-refractivity contribution is 6.31. The molecule has 1 amide bonds. The minimum atomic E-state index is -1.11. The number of benzene rings is 2. The molecule has 0 saturated heterocycles. The number of halogens is 2. The van der Waals surface area contributed by atoms with Gasteiger partial charge in [0.2, 0.25) is 0 Å². The van der Waals surface area contributed by atoms with E-state index in [1.165, 1.54) is 12.1 Å². The standard InChI is InChI=1S/C19H22ClFN2O4/c1-3-23(9-8-22-19(24)25)18-11-13(21)10-17(20)16(18)12-27-15-6-4-14(26-2)5-7-15/h4-7,10-11,22H,3,8-9,12H2,1-2H3,(H,24,25). The molecule has 0 fully saturated rings. The van der Waals surface area contributed by atoms with Crippen LogP contribution in [0.25, 0.3) is 0 Å². The maximum atomic E-state index is 13.9. The van der Waals surface area contributed by atoms with Crippen LogP contribution < -0.4 is 19.7 Å². The van der Waals surface area contributed by atoms with E-state index in [9.17, 15) is 9.18 Å². The average molecular weight is 397 g/mol. The smallest absolute Gasteiger partial charge is 0.404 e. The van der Waals surface area contributed by atoms with Crippen molar-refractivity contribution < 1.29 is 23.8 Å². The van der Waals surface area contributed by atoms with Crippen molar-refractivity contribution in [1.82, 2.24) is 5.32 Å². The molecule has 6 nitrogen and oxygen atoms in total. The van der Waals surface area contributed by atoms with E-state index in [1.807, 2.05) is 11.8 Å². The lowest BCUT2D eigenvalue weighted by atomic mass is 10.1. The van der Waals surface area contributed by atoms with E-state index in [-0.39, 0.29) is 18.2 Å². The van der Waals surface area contributed by atoms with Crippen LogP contribution >= 0.6 is 11.6 Å². The zero-order chi connectivity index (χ0) is 19.8. The van der Waals surface area contributed by atoms with Crippen LogP contribution in [-0.2, 0) is 6.61 Å². The Bertz CT molecular complexity index is 771. The number of likely N-dealkylation sites (N-methyl/N-ethyl adjacent to an activating group) is 1. The number of anilines is 1. The van der Waals surface area contributed by atoms with Gasteiger partial charge in [0.05, 0.1) is 12.1 Å². The van der Waals surface area contributed by atoms with Crippen LogP contribution in [0.15, 0.2) is 36.4 Å². The van der Waals surface area contributed by atoms with Gasteiger partial charge in [0, 0.05) is 30.9 Å². The first-order valence-corrected chi connectivity index (χ1v) is 8.79. The molecule has 2 N–H and O–H groups in total. The van der Waals surface area contributed by atoms with Gasteiger partial charge in [-0.3, -0.25) is 0 Å². The molecule has 2 aromatic rings. The van der Waals surface area contributed by atoms with Gasteiger partial charge in [-0.1, -0.05) is 11.6 Å². The van der Waals surface area contributed by atoms with Gasteiger partial charge in [-0.15, -0.1) is 0 Å². The Morgan fingerprint density at radius 2 is 1.93 bits per heavy atom. The van der Waals surface area contributed by atoms with Crippen molar-refractivity contribution in [2.75, 3.05) is 31.6 Å². The van der Waals surface area contributed by atoms with Crippen molar-refractivity contribution in [2.45, 2.75) is 13.5 Å². The zero-order valence-corrected chi connectivity index (χ0v) is 15.9. The third-order valence-corrected chi connectivity index (χ3v) is 4.30. The predicted molar refractivity (Wildman–Crippen MR) is 103 cm³/mol. The fourth-order valence-corrected chi connectivity index (χ4v) is 2.84. The molecule has 0 saturated carbocycles. The van der Waals surface area contributed by atoms with Crippen LogP contribution in [0.3, 0.4) is 0 Å². The maximum absolute atomic E-state index is 13.9. The van der Waals surface area contributed by atoms with Crippen molar-refractivity contribution in [3.63, 3.8) is 0 Å². The highest BCUT2D eigenvalue weighted by Gasteiger charge is 2.16. The molecule has 0 bridgehead atoms. The Morgan fingerprint density at radius 1 is 1.26 bits per heavy atom. The molecule has 0 atom stereocenters. The largest absolute Gasteiger partial charge is 0.497 e. The summed E-state index contributed by atoms with van der Waals surface area (Å²) in [5, 5.41) is 11.3. The van der Waals surface area contributed by atoms with Crippen LogP contribution in [0.5, 0.6) is 11.5 Å². The van der Waals surface area contributed by atoms with Crippen LogP contribution in [-0.4, -0.2) is 37.9 Å². The third kappa shape index (κ3) is 5.92. The lowest BCUT2D eigenvalue weighted by Gasteiger charge is -2.26. The molecule has 27 heavy (non-hydrogen) atoms. The summed E-state index contributed by atoms with van der Waals surface area (Å²) in [7, 11) is 1.58. The SMILES string of the molecule is CCN(CCNC(=O)O)c1cc(F)cc(Cl)c1COc1ccc(OC)cc1. The highest BCUT2D eigenvalue weighted by atomic mass is 35.5. The second kappa shape index (κ2) is 9.87. The van der Waals surface area contributed by atoms with E-state index in [1.54, 1.807) is 31.4 Å². The van der Waals surface area contributed by atoms with Gasteiger partial charge in [0.1, 0.15) is 23.9 Å². The molecule has 0 unspecified atom stereocenters. The molecule has 0 aliphatic heterocycles. The molecule has 146 valence electrons. The number of ether oxygens (including phenoxy) is 2. The Hall–Kier alpha value is -2.67. The highest BCUT2D eigenvalue weighted by Crippen LogP contribution is 2.30. The number of nitrogens with zero attached hydrogens (tertiary/aromatic N) is 1. The summed E-state index contributed by atoms with van der Waals surface area (Å²) in [6, 6.07) is 9.70. The van der Waals surface area contributed by atoms with Gasteiger partial charge >= 0.3 is 6.09 Å². The summed E-state index contributed by atoms with van der Waals surface area (Å²) in [5.41, 5.74) is 1.20. The van der Waals surface area contributed by atoms with Crippen molar-refractivity contribution in [2.24, 2.45) is 0 Å². The van der Waals surface area contributed by atoms with Crippen molar-refractivity contribution >= 4 is 23.4 Å². The summed E-state index contributed by atoms with van der Waals surface area (Å²) in [6.07, 6.45) is -1.11. The van der Waals surface area contributed by atoms with E-state index in [4.69, 9.17) is 26.2 Å². The second-order valence-electron chi connectivity index (χ2n) is 5.66. The van der Waals surface area contributed by atoms with Crippen LogP contribution in [0, 0.1) is 5.82 Å². The Morgan fingerprint density at radius 3 is 2.52 bits per heavy atom. The molecule has 0 radical (unpaired) electrons. The minimum Gasteiger partial charge on any atom is -0.497 e. The van der Waals surface area contributed by atoms with Gasteiger partial charge in [0.25, 0.3) is 0 Å². The van der Waals surface area contributed by atoms with Crippen molar-refractivity contribution in [1.29, 1.82) is 0 Å². The van der Waals surface area contributed by atoms with E-state index in [0.29, 0.717) is 35.8 Å². The van der Waals surface area contributed by atoms with Gasteiger partial charge in [-0.25, -0.2) is 9.18 Å². The number of nitrogens with one attached hydrogen (secondary N) is 1. The molecule has 0 spiro atoms. The van der Waals surface area contributed by atoms with E-state index in [2.05, 4.69) is 5.32 Å². The molecule has 0 aromatic heterocycles.